The minimum atomic E-state index is -0.966. The predicted octanol–water partition coefficient (Wildman–Crippen LogP) is 2.82. The Morgan fingerprint density at radius 2 is 1.92 bits per heavy atom. The molecule has 4 nitrogen and oxygen atoms in total. The van der Waals surface area contributed by atoms with Gasteiger partial charge in [0.1, 0.15) is 6.61 Å². The number of hydrogen-bond acceptors (Lipinski definition) is 3. The van der Waals surface area contributed by atoms with Gasteiger partial charge >= 0.3 is 0 Å². The molecule has 0 aliphatic carbocycles. The number of β-amino-alcohol motifs (C(OH)–C–C–N with tert-alkyl or cyclic N) is 1. The van der Waals surface area contributed by atoms with Crippen LogP contribution in [0.25, 0.3) is 0 Å². The normalized spacial score (nSPS) is 20.0. The molecular formula is C19H19F2NO3. The van der Waals surface area contributed by atoms with Crippen molar-refractivity contribution in [1.29, 1.82) is 0 Å². The monoisotopic (exact) mass is 347 g/mol. The number of ether oxygens (including phenoxy) is 1. The van der Waals surface area contributed by atoms with Gasteiger partial charge in [0.15, 0.2) is 11.6 Å². The Balaban J connectivity index is 1.64. The average molecular weight is 347 g/mol. The van der Waals surface area contributed by atoms with Crippen LogP contribution in [0.3, 0.4) is 0 Å². The maximum atomic E-state index is 13.5. The molecule has 3 rings (SSSR count). The summed E-state index contributed by atoms with van der Waals surface area (Å²) in [7, 11) is 0. The topological polar surface area (TPSA) is 49.8 Å². The van der Waals surface area contributed by atoms with Crippen LogP contribution >= 0.6 is 0 Å². The minimum Gasteiger partial charge on any atom is -0.391 e. The summed E-state index contributed by atoms with van der Waals surface area (Å²) in [6.07, 6.45) is -0.411. The smallest absolute Gasteiger partial charge is 0.249 e. The summed E-state index contributed by atoms with van der Waals surface area (Å²) in [4.78, 5) is 13.9. The van der Waals surface area contributed by atoms with E-state index in [2.05, 4.69) is 0 Å². The van der Waals surface area contributed by atoms with E-state index >= 15 is 0 Å². The standard InChI is InChI=1S/C19H19F2NO3/c20-16-7-6-14(8-17(16)21)18-9-15(23)10-22(18)19(24)12-25-11-13-4-2-1-3-5-13/h1-8,15,18,23H,9-12H2/t15-,18+/m0/s1. The second-order valence-corrected chi connectivity index (χ2v) is 6.10. The summed E-state index contributed by atoms with van der Waals surface area (Å²) in [5.41, 5.74) is 1.42. The first kappa shape index (κ1) is 17.5. The number of hydrogen-bond donors (Lipinski definition) is 1. The Bertz CT molecular complexity index is 739. The van der Waals surface area contributed by atoms with E-state index in [0.717, 1.165) is 17.7 Å². The Morgan fingerprint density at radius 3 is 2.64 bits per heavy atom. The van der Waals surface area contributed by atoms with Crippen molar-refractivity contribution in [2.24, 2.45) is 0 Å². The number of halogens is 2. The van der Waals surface area contributed by atoms with Gasteiger partial charge in [-0.2, -0.15) is 0 Å². The van der Waals surface area contributed by atoms with E-state index in [1.54, 1.807) is 0 Å². The Hall–Kier alpha value is -2.31. The van der Waals surface area contributed by atoms with Gasteiger partial charge in [-0.3, -0.25) is 4.79 Å². The molecule has 0 radical (unpaired) electrons. The molecular weight excluding hydrogens is 328 g/mol. The summed E-state index contributed by atoms with van der Waals surface area (Å²) < 4.78 is 32.1. The van der Waals surface area contributed by atoms with E-state index in [9.17, 15) is 18.7 Å². The highest BCUT2D eigenvalue weighted by molar-refractivity contribution is 5.78. The molecule has 1 N–H and O–H groups in total. The van der Waals surface area contributed by atoms with Gasteiger partial charge < -0.3 is 14.7 Å². The number of benzene rings is 2. The van der Waals surface area contributed by atoms with Crippen molar-refractivity contribution in [2.45, 2.75) is 25.2 Å². The second kappa shape index (κ2) is 7.72. The molecule has 2 aromatic carbocycles. The van der Waals surface area contributed by atoms with Crippen LogP contribution in [0.5, 0.6) is 0 Å². The molecule has 132 valence electrons. The zero-order valence-electron chi connectivity index (χ0n) is 13.6. The van der Waals surface area contributed by atoms with Crippen LogP contribution in [-0.2, 0) is 16.1 Å². The number of amides is 1. The van der Waals surface area contributed by atoms with Crippen LogP contribution in [-0.4, -0.2) is 35.2 Å². The second-order valence-electron chi connectivity index (χ2n) is 6.10. The average Bonchev–Trinajstić information content (AvgIpc) is 3.00. The lowest BCUT2D eigenvalue weighted by Gasteiger charge is -2.25. The number of aliphatic hydroxyl groups is 1. The van der Waals surface area contributed by atoms with Gasteiger partial charge in [0.05, 0.1) is 18.8 Å². The molecule has 0 unspecified atom stereocenters. The fraction of sp³-hybridized carbons (Fsp3) is 0.316. The molecule has 1 amide bonds. The van der Waals surface area contributed by atoms with Gasteiger partial charge in [-0.1, -0.05) is 36.4 Å². The Labute approximate surface area is 144 Å². The van der Waals surface area contributed by atoms with Crippen LogP contribution in [0.4, 0.5) is 8.78 Å². The van der Waals surface area contributed by atoms with E-state index in [-0.39, 0.29) is 25.5 Å². The molecule has 6 heteroatoms. The summed E-state index contributed by atoms with van der Waals surface area (Å²) in [6, 6.07) is 12.5. The molecule has 0 saturated carbocycles. The fourth-order valence-corrected chi connectivity index (χ4v) is 3.04. The first-order chi connectivity index (χ1) is 12.0. The zero-order chi connectivity index (χ0) is 17.8. The first-order valence-electron chi connectivity index (χ1n) is 8.08. The molecule has 1 saturated heterocycles. The number of carbonyl (C=O) groups is 1. The molecule has 1 fully saturated rings. The Morgan fingerprint density at radius 1 is 1.16 bits per heavy atom. The van der Waals surface area contributed by atoms with E-state index in [0.29, 0.717) is 12.2 Å². The zero-order valence-corrected chi connectivity index (χ0v) is 13.6. The quantitative estimate of drug-likeness (QED) is 0.905. The van der Waals surface area contributed by atoms with Crippen LogP contribution in [0, 0.1) is 11.6 Å². The van der Waals surface area contributed by atoms with Crippen LogP contribution in [0.2, 0.25) is 0 Å². The summed E-state index contributed by atoms with van der Waals surface area (Å²) >= 11 is 0. The maximum Gasteiger partial charge on any atom is 0.249 e. The third kappa shape index (κ3) is 4.21. The number of aliphatic hydroxyl groups excluding tert-OH is 1. The van der Waals surface area contributed by atoms with Gasteiger partial charge in [0, 0.05) is 6.54 Å². The van der Waals surface area contributed by atoms with E-state index in [4.69, 9.17) is 4.74 Å². The molecule has 0 aromatic heterocycles. The molecule has 25 heavy (non-hydrogen) atoms. The first-order valence-corrected chi connectivity index (χ1v) is 8.08. The third-order valence-corrected chi connectivity index (χ3v) is 4.26. The largest absolute Gasteiger partial charge is 0.391 e. The van der Waals surface area contributed by atoms with E-state index in [1.807, 2.05) is 30.3 Å². The van der Waals surface area contributed by atoms with Gasteiger partial charge in [-0.25, -0.2) is 8.78 Å². The van der Waals surface area contributed by atoms with Gasteiger partial charge in [0.2, 0.25) is 5.91 Å². The van der Waals surface area contributed by atoms with Crippen LogP contribution in [0.1, 0.15) is 23.6 Å². The fourth-order valence-electron chi connectivity index (χ4n) is 3.04. The highest BCUT2D eigenvalue weighted by atomic mass is 19.2. The van der Waals surface area contributed by atoms with E-state index < -0.39 is 23.8 Å². The minimum absolute atomic E-state index is 0.137. The molecule has 1 aliphatic rings. The maximum absolute atomic E-state index is 13.5. The summed E-state index contributed by atoms with van der Waals surface area (Å²) in [5.74, 6) is -2.19. The van der Waals surface area contributed by atoms with Crippen molar-refractivity contribution >= 4 is 5.91 Å². The molecule has 0 spiro atoms. The van der Waals surface area contributed by atoms with Crippen molar-refractivity contribution in [2.75, 3.05) is 13.2 Å². The predicted molar refractivity (Wildman–Crippen MR) is 87.5 cm³/mol. The number of carbonyl (C=O) groups excluding carboxylic acids is 1. The lowest BCUT2D eigenvalue weighted by molar-refractivity contribution is -0.137. The molecule has 0 bridgehead atoms. The SMILES string of the molecule is O=C(COCc1ccccc1)N1C[C@@H](O)C[C@@H]1c1ccc(F)c(F)c1. The number of rotatable bonds is 5. The highest BCUT2D eigenvalue weighted by Gasteiger charge is 2.35. The van der Waals surface area contributed by atoms with E-state index in [1.165, 1.54) is 11.0 Å². The number of nitrogens with zero attached hydrogens (tertiary/aromatic N) is 1. The lowest BCUT2D eigenvalue weighted by Crippen LogP contribution is -2.34. The van der Waals surface area contributed by atoms with Gasteiger partial charge in [0.25, 0.3) is 0 Å². The van der Waals surface area contributed by atoms with Crippen molar-refractivity contribution in [3.05, 3.63) is 71.3 Å². The van der Waals surface area contributed by atoms with Gasteiger partial charge in [-0.05, 0) is 29.7 Å². The molecule has 2 aromatic rings. The molecule has 1 heterocycles. The Kier molecular flexibility index (Phi) is 5.40. The van der Waals surface area contributed by atoms with Crippen LogP contribution in [0.15, 0.2) is 48.5 Å². The third-order valence-electron chi connectivity index (χ3n) is 4.26. The molecule has 2 atom stereocenters. The summed E-state index contributed by atoms with van der Waals surface area (Å²) in [5, 5.41) is 9.91. The lowest BCUT2D eigenvalue weighted by atomic mass is 10.0. The van der Waals surface area contributed by atoms with Crippen molar-refractivity contribution in [3.8, 4) is 0 Å². The van der Waals surface area contributed by atoms with Crippen LogP contribution < -0.4 is 0 Å². The van der Waals surface area contributed by atoms with Crippen molar-refractivity contribution in [3.63, 3.8) is 0 Å². The van der Waals surface area contributed by atoms with Gasteiger partial charge in [-0.15, -0.1) is 0 Å². The molecule has 1 aliphatic heterocycles. The summed E-state index contributed by atoms with van der Waals surface area (Å²) in [6.45, 7) is 0.317. The number of likely N-dealkylation sites (tertiary alicyclic amines) is 1. The van der Waals surface area contributed by atoms with Crippen molar-refractivity contribution in [1.82, 2.24) is 4.90 Å². The van der Waals surface area contributed by atoms with Crippen molar-refractivity contribution < 1.29 is 23.4 Å². The highest BCUT2D eigenvalue weighted by Crippen LogP contribution is 2.33.